The van der Waals surface area contributed by atoms with Crippen molar-refractivity contribution in [1.82, 2.24) is 0 Å². The molecule has 2 aromatic carbocycles. The molecule has 0 heterocycles. The Kier molecular flexibility index (Phi) is 5.77. The van der Waals surface area contributed by atoms with Crippen molar-refractivity contribution < 1.29 is 4.79 Å². The molecular weight excluding hydrogens is 326 g/mol. The Balaban J connectivity index is 1.96. The quantitative estimate of drug-likeness (QED) is 0.712. The number of halogens is 1. The van der Waals surface area contributed by atoms with Crippen LogP contribution < -0.4 is 5.32 Å². The summed E-state index contributed by atoms with van der Waals surface area (Å²) in [6.45, 7) is 8.42. The summed E-state index contributed by atoms with van der Waals surface area (Å²) in [5.41, 5.74) is 2.19. The van der Waals surface area contributed by atoms with Crippen LogP contribution in [-0.4, -0.2) is 11.2 Å². The van der Waals surface area contributed by atoms with Gasteiger partial charge in [-0.05, 0) is 54.3 Å². The number of carbonyl (C=O) groups excluding carboxylic acids is 1. The molecule has 4 heteroatoms. The van der Waals surface area contributed by atoms with Gasteiger partial charge >= 0.3 is 0 Å². The topological polar surface area (TPSA) is 29.1 Å². The van der Waals surface area contributed by atoms with Crippen LogP contribution in [0.4, 0.5) is 5.69 Å². The van der Waals surface area contributed by atoms with Gasteiger partial charge in [0.25, 0.3) is 0 Å². The van der Waals surface area contributed by atoms with Crippen LogP contribution in [0.1, 0.15) is 33.3 Å². The van der Waals surface area contributed by atoms with Gasteiger partial charge in [0.05, 0.1) is 5.25 Å². The lowest BCUT2D eigenvalue weighted by Gasteiger charge is -2.19. The molecular formula is C19H22ClNOS. The lowest BCUT2D eigenvalue weighted by Crippen LogP contribution is -2.22. The van der Waals surface area contributed by atoms with Crippen molar-refractivity contribution in [2.24, 2.45) is 0 Å². The molecule has 2 nitrogen and oxygen atoms in total. The number of anilines is 1. The van der Waals surface area contributed by atoms with E-state index in [2.05, 4.69) is 38.2 Å². The van der Waals surface area contributed by atoms with Gasteiger partial charge in [0.2, 0.25) is 5.91 Å². The minimum absolute atomic E-state index is 0.00606. The molecule has 1 atom stereocenters. The van der Waals surface area contributed by atoms with Crippen molar-refractivity contribution in [3.8, 4) is 0 Å². The lowest BCUT2D eigenvalue weighted by atomic mass is 9.87. The molecule has 0 radical (unpaired) electrons. The second-order valence-electron chi connectivity index (χ2n) is 6.53. The summed E-state index contributed by atoms with van der Waals surface area (Å²) in [5, 5.41) is 3.48. The highest BCUT2D eigenvalue weighted by Gasteiger charge is 2.16. The molecule has 0 spiro atoms. The zero-order valence-electron chi connectivity index (χ0n) is 13.9. The Bertz CT molecular complexity index is 659. The zero-order valence-corrected chi connectivity index (χ0v) is 15.5. The van der Waals surface area contributed by atoms with Crippen LogP contribution in [-0.2, 0) is 10.2 Å². The van der Waals surface area contributed by atoms with E-state index in [9.17, 15) is 4.79 Å². The molecule has 0 aromatic heterocycles. The second-order valence-corrected chi connectivity index (χ2v) is 8.38. The molecule has 2 rings (SSSR count). The van der Waals surface area contributed by atoms with Crippen LogP contribution in [0.3, 0.4) is 0 Å². The first-order chi connectivity index (χ1) is 10.8. The van der Waals surface area contributed by atoms with Crippen LogP contribution >= 0.6 is 23.4 Å². The van der Waals surface area contributed by atoms with Gasteiger partial charge in [-0.1, -0.05) is 44.5 Å². The summed E-state index contributed by atoms with van der Waals surface area (Å²) in [4.78, 5) is 13.3. The minimum Gasteiger partial charge on any atom is -0.325 e. The summed E-state index contributed by atoms with van der Waals surface area (Å²) >= 11 is 7.39. The summed E-state index contributed by atoms with van der Waals surface area (Å²) < 4.78 is 0. The van der Waals surface area contributed by atoms with E-state index in [1.54, 1.807) is 0 Å². The third-order valence-electron chi connectivity index (χ3n) is 3.51. The van der Waals surface area contributed by atoms with E-state index in [1.807, 2.05) is 43.3 Å². The molecule has 0 aliphatic carbocycles. The van der Waals surface area contributed by atoms with Crippen molar-refractivity contribution in [2.75, 3.05) is 5.32 Å². The zero-order chi connectivity index (χ0) is 17.0. The van der Waals surface area contributed by atoms with Gasteiger partial charge in [0.15, 0.2) is 0 Å². The molecule has 0 aliphatic rings. The highest BCUT2D eigenvalue weighted by molar-refractivity contribution is 8.00. The van der Waals surface area contributed by atoms with E-state index in [-0.39, 0.29) is 16.6 Å². The predicted molar refractivity (Wildman–Crippen MR) is 101 cm³/mol. The molecule has 0 fully saturated rings. The summed E-state index contributed by atoms with van der Waals surface area (Å²) in [7, 11) is 0. The Hall–Kier alpha value is -1.45. The fourth-order valence-electron chi connectivity index (χ4n) is 2.07. The average Bonchev–Trinajstić information content (AvgIpc) is 2.49. The van der Waals surface area contributed by atoms with Crippen molar-refractivity contribution in [3.63, 3.8) is 0 Å². The van der Waals surface area contributed by atoms with Crippen LogP contribution in [0.2, 0.25) is 5.02 Å². The SMILES string of the molecule is C[C@H](Sc1ccc(Cl)cc1)C(=O)Nc1ccc(C(C)(C)C)cc1. The highest BCUT2D eigenvalue weighted by Crippen LogP contribution is 2.26. The highest BCUT2D eigenvalue weighted by atomic mass is 35.5. The third kappa shape index (κ3) is 5.29. The summed E-state index contributed by atoms with van der Waals surface area (Å²) in [6.07, 6.45) is 0. The largest absolute Gasteiger partial charge is 0.325 e. The first-order valence-electron chi connectivity index (χ1n) is 7.59. The van der Waals surface area contributed by atoms with Crippen LogP contribution in [0.15, 0.2) is 53.4 Å². The van der Waals surface area contributed by atoms with Gasteiger partial charge in [-0.25, -0.2) is 0 Å². The first-order valence-corrected chi connectivity index (χ1v) is 8.85. The number of hydrogen-bond acceptors (Lipinski definition) is 2. The van der Waals surface area contributed by atoms with E-state index < -0.39 is 0 Å². The van der Waals surface area contributed by atoms with Crippen LogP contribution in [0.25, 0.3) is 0 Å². The summed E-state index contributed by atoms with van der Waals surface area (Å²) in [6, 6.07) is 15.6. The van der Waals surface area contributed by atoms with E-state index >= 15 is 0 Å². The fraction of sp³-hybridized carbons (Fsp3) is 0.316. The first kappa shape index (κ1) is 17.9. The maximum Gasteiger partial charge on any atom is 0.237 e. The minimum atomic E-state index is -0.182. The van der Waals surface area contributed by atoms with Gasteiger partial charge in [0, 0.05) is 15.6 Å². The fourth-order valence-corrected chi connectivity index (χ4v) is 3.06. The Labute approximate surface area is 147 Å². The monoisotopic (exact) mass is 347 g/mol. The predicted octanol–water partition coefficient (Wildman–Crippen LogP) is 5.76. The number of hydrogen-bond donors (Lipinski definition) is 1. The average molecular weight is 348 g/mol. The normalized spacial score (nSPS) is 12.7. The van der Waals surface area contributed by atoms with Gasteiger partial charge < -0.3 is 5.32 Å². The molecule has 122 valence electrons. The Morgan fingerprint density at radius 3 is 2.13 bits per heavy atom. The van der Waals surface area contributed by atoms with Gasteiger partial charge in [-0.2, -0.15) is 0 Å². The Morgan fingerprint density at radius 2 is 1.61 bits per heavy atom. The number of thioether (sulfide) groups is 1. The number of carbonyl (C=O) groups is 1. The maximum atomic E-state index is 12.3. The number of rotatable bonds is 4. The molecule has 0 saturated carbocycles. The maximum absolute atomic E-state index is 12.3. The standard InChI is InChI=1S/C19H22ClNOS/c1-13(23-17-11-7-15(20)8-12-17)18(22)21-16-9-5-14(6-10-16)19(2,3)4/h5-13H,1-4H3,(H,21,22)/t13-/m0/s1. The van der Waals surface area contributed by atoms with E-state index in [1.165, 1.54) is 17.3 Å². The van der Waals surface area contributed by atoms with Crippen molar-refractivity contribution in [3.05, 3.63) is 59.1 Å². The van der Waals surface area contributed by atoms with Crippen LogP contribution in [0.5, 0.6) is 0 Å². The smallest absolute Gasteiger partial charge is 0.237 e. The van der Waals surface area contributed by atoms with Crippen molar-refractivity contribution in [2.45, 2.75) is 43.3 Å². The number of nitrogens with one attached hydrogen (secondary N) is 1. The van der Waals surface area contributed by atoms with Crippen molar-refractivity contribution in [1.29, 1.82) is 0 Å². The van der Waals surface area contributed by atoms with Gasteiger partial charge in [-0.3, -0.25) is 4.79 Å². The van der Waals surface area contributed by atoms with E-state index in [0.29, 0.717) is 5.02 Å². The Morgan fingerprint density at radius 1 is 1.04 bits per heavy atom. The molecule has 0 unspecified atom stereocenters. The van der Waals surface area contributed by atoms with E-state index in [4.69, 9.17) is 11.6 Å². The van der Waals surface area contributed by atoms with Gasteiger partial charge in [-0.15, -0.1) is 11.8 Å². The molecule has 2 aromatic rings. The lowest BCUT2D eigenvalue weighted by molar-refractivity contribution is -0.115. The molecule has 1 N–H and O–H groups in total. The molecule has 0 bridgehead atoms. The van der Waals surface area contributed by atoms with Crippen molar-refractivity contribution >= 4 is 35.0 Å². The molecule has 0 saturated heterocycles. The molecule has 23 heavy (non-hydrogen) atoms. The molecule has 1 amide bonds. The van der Waals surface area contributed by atoms with E-state index in [0.717, 1.165) is 10.6 Å². The van der Waals surface area contributed by atoms with Crippen LogP contribution in [0, 0.1) is 0 Å². The van der Waals surface area contributed by atoms with Gasteiger partial charge in [0.1, 0.15) is 0 Å². The number of benzene rings is 2. The second kappa shape index (κ2) is 7.41. The number of amides is 1. The third-order valence-corrected chi connectivity index (χ3v) is 4.88. The molecule has 0 aliphatic heterocycles. The summed E-state index contributed by atoms with van der Waals surface area (Å²) in [5.74, 6) is -0.00606.